The van der Waals surface area contributed by atoms with E-state index in [0.29, 0.717) is 19.7 Å². The van der Waals surface area contributed by atoms with Crippen LogP contribution in [0, 0.1) is 6.92 Å². The highest BCUT2D eigenvalue weighted by molar-refractivity contribution is 7.12. The standard InChI is InChI=1S/C14H17NO3S/c1-11-5-9-19-13(11)14(16)15(6-8-17-2)10-12-4-3-7-18-12/h3-5,7,9H,6,8,10H2,1-2H3. The molecule has 0 atom stereocenters. The third-order valence-corrected chi connectivity index (χ3v) is 3.84. The summed E-state index contributed by atoms with van der Waals surface area (Å²) >= 11 is 1.47. The molecule has 5 heteroatoms. The average Bonchev–Trinajstić information content (AvgIpc) is 3.05. The molecule has 0 unspecified atom stereocenters. The van der Waals surface area contributed by atoms with Gasteiger partial charge in [0, 0.05) is 13.7 Å². The minimum absolute atomic E-state index is 0.0287. The quantitative estimate of drug-likeness (QED) is 0.816. The van der Waals surface area contributed by atoms with Crippen molar-refractivity contribution in [2.75, 3.05) is 20.3 Å². The number of rotatable bonds is 6. The maximum atomic E-state index is 12.5. The van der Waals surface area contributed by atoms with Crippen LogP contribution in [0.3, 0.4) is 0 Å². The predicted molar refractivity (Wildman–Crippen MR) is 74.4 cm³/mol. The van der Waals surface area contributed by atoms with Crippen LogP contribution >= 0.6 is 11.3 Å². The summed E-state index contributed by atoms with van der Waals surface area (Å²) in [6, 6.07) is 5.65. The van der Waals surface area contributed by atoms with Crippen molar-refractivity contribution in [2.45, 2.75) is 13.5 Å². The van der Waals surface area contributed by atoms with E-state index in [2.05, 4.69) is 0 Å². The van der Waals surface area contributed by atoms with Gasteiger partial charge in [0.25, 0.3) is 5.91 Å². The molecule has 0 spiro atoms. The minimum Gasteiger partial charge on any atom is -0.467 e. The van der Waals surface area contributed by atoms with Gasteiger partial charge in [-0.05, 0) is 36.1 Å². The Kier molecular flexibility index (Phi) is 4.76. The Morgan fingerprint density at radius 2 is 2.32 bits per heavy atom. The minimum atomic E-state index is 0.0287. The van der Waals surface area contributed by atoms with Gasteiger partial charge < -0.3 is 14.1 Å². The molecule has 0 saturated carbocycles. The summed E-state index contributed by atoms with van der Waals surface area (Å²) in [6.45, 7) is 3.47. The summed E-state index contributed by atoms with van der Waals surface area (Å²) in [6.07, 6.45) is 1.62. The van der Waals surface area contributed by atoms with Crippen molar-refractivity contribution in [2.24, 2.45) is 0 Å². The lowest BCUT2D eigenvalue weighted by Gasteiger charge is -2.21. The molecule has 0 fully saturated rings. The normalized spacial score (nSPS) is 10.6. The molecular formula is C14H17NO3S. The van der Waals surface area contributed by atoms with Crippen molar-refractivity contribution in [3.63, 3.8) is 0 Å². The van der Waals surface area contributed by atoms with Gasteiger partial charge in [-0.1, -0.05) is 0 Å². The lowest BCUT2D eigenvalue weighted by molar-refractivity contribution is 0.0670. The molecule has 2 rings (SSSR count). The molecule has 0 radical (unpaired) electrons. The van der Waals surface area contributed by atoms with Crippen LogP contribution in [0.25, 0.3) is 0 Å². The molecule has 2 aromatic heterocycles. The predicted octanol–water partition coefficient (Wildman–Crippen LogP) is 2.94. The largest absolute Gasteiger partial charge is 0.467 e. The topological polar surface area (TPSA) is 42.7 Å². The molecule has 19 heavy (non-hydrogen) atoms. The van der Waals surface area contributed by atoms with Crippen molar-refractivity contribution in [3.05, 3.63) is 46.0 Å². The number of methoxy groups -OCH3 is 1. The Labute approximate surface area is 116 Å². The van der Waals surface area contributed by atoms with Gasteiger partial charge in [0.05, 0.1) is 24.3 Å². The van der Waals surface area contributed by atoms with Gasteiger partial charge in [0.2, 0.25) is 0 Å². The number of carbonyl (C=O) groups is 1. The van der Waals surface area contributed by atoms with Gasteiger partial charge in [-0.25, -0.2) is 0 Å². The first kappa shape index (κ1) is 13.8. The molecule has 0 aliphatic rings. The van der Waals surface area contributed by atoms with E-state index in [9.17, 15) is 4.79 Å². The van der Waals surface area contributed by atoms with E-state index in [0.717, 1.165) is 16.2 Å². The van der Waals surface area contributed by atoms with Crippen molar-refractivity contribution >= 4 is 17.2 Å². The summed E-state index contributed by atoms with van der Waals surface area (Å²) in [5.74, 6) is 0.805. The Morgan fingerprint density at radius 3 is 2.89 bits per heavy atom. The highest BCUT2D eigenvalue weighted by atomic mass is 32.1. The molecule has 0 N–H and O–H groups in total. The van der Waals surface area contributed by atoms with Crippen molar-refractivity contribution in [1.29, 1.82) is 0 Å². The van der Waals surface area contributed by atoms with E-state index in [-0.39, 0.29) is 5.91 Å². The maximum Gasteiger partial charge on any atom is 0.264 e. The van der Waals surface area contributed by atoms with Gasteiger partial charge in [-0.15, -0.1) is 11.3 Å². The first-order valence-corrected chi connectivity index (χ1v) is 6.95. The van der Waals surface area contributed by atoms with Gasteiger partial charge >= 0.3 is 0 Å². The Balaban J connectivity index is 2.12. The zero-order chi connectivity index (χ0) is 13.7. The molecule has 1 amide bonds. The highest BCUT2D eigenvalue weighted by Gasteiger charge is 2.19. The number of furan rings is 1. The third kappa shape index (κ3) is 3.45. The lowest BCUT2D eigenvalue weighted by Crippen LogP contribution is -2.33. The molecule has 0 saturated heterocycles. The molecule has 102 valence electrons. The van der Waals surface area contributed by atoms with E-state index in [1.165, 1.54) is 11.3 Å². The number of hydrogen-bond acceptors (Lipinski definition) is 4. The second-order valence-electron chi connectivity index (χ2n) is 4.23. The van der Waals surface area contributed by atoms with Gasteiger partial charge in [0.1, 0.15) is 5.76 Å². The number of nitrogens with zero attached hydrogens (tertiary/aromatic N) is 1. The van der Waals surface area contributed by atoms with Crippen LogP contribution in [0.2, 0.25) is 0 Å². The number of carbonyl (C=O) groups excluding carboxylic acids is 1. The monoisotopic (exact) mass is 279 g/mol. The Morgan fingerprint density at radius 1 is 1.47 bits per heavy atom. The first-order valence-electron chi connectivity index (χ1n) is 6.07. The fourth-order valence-electron chi connectivity index (χ4n) is 1.78. The Bertz CT molecular complexity index is 519. The molecule has 2 heterocycles. The Hall–Kier alpha value is -1.59. The van der Waals surface area contributed by atoms with E-state index in [4.69, 9.17) is 9.15 Å². The van der Waals surface area contributed by atoms with E-state index in [1.54, 1.807) is 18.3 Å². The van der Waals surface area contributed by atoms with Crippen LogP contribution in [-0.4, -0.2) is 31.1 Å². The third-order valence-electron chi connectivity index (χ3n) is 2.84. The molecule has 2 aromatic rings. The summed E-state index contributed by atoms with van der Waals surface area (Å²) in [5, 5.41) is 1.93. The van der Waals surface area contributed by atoms with Gasteiger partial charge in [0.15, 0.2) is 0 Å². The number of ether oxygens (including phenoxy) is 1. The molecule has 0 bridgehead atoms. The zero-order valence-corrected chi connectivity index (χ0v) is 11.9. The van der Waals surface area contributed by atoms with Crippen LogP contribution in [0.4, 0.5) is 0 Å². The van der Waals surface area contributed by atoms with Crippen molar-refractivity contribution < 1.29 is 13.9 Å². The van der Waals surface area contributed by atoms with E-state index < -0.39 is 0 Å². The lowest BCUT2D eigenvalue weighted by atomic mass is 10.2. The summed E-state index contributed by atoms with van der Waals surface area (Å²) in [5.41, 5.74) is 1.01. The van der Waals surface area contributed by atoms with Crippen LogP contribution in [-0.2, 0) is 11.3 Å². The summed E-state index contributed by atoms with van der Waals surface area (Å²) in [4.78, 5) is 15.0. The smallest absolute Gasteiger partial charge is 0.264 e. The SMILES string of the molecule is COCCN(Cc1ccco1)C(=O)c1sccc1C. The van der Waals surface area contributed by atoms with E-state index in [1.807, 2.05) is 30.5 Å². The maximum absolute atomic E-state index is 12.5. The van der Waals surface area contributed by atoms with E-state index >= 15 is 0 Å². The summed E-state index contributed by atoms with van der Waals surface area (Å²) < 4.78 is 10.4. The second kappa shape index (κ2) is 6.54. The average molecular weight is 279 g/mol. The zero-order valence-electron chi connectivity index (χ0n) is 11.1. The van der Waals surface area contributed by atoms with Gasteiger partial charge in [-0.3, -0.25) is 4.79 Å². The number of thiophene rings is 1. The highest BCUT2D eigenvalue weighted by Crippen LogP contribution is 2.19. The number of hydrogen-bond donors (Lipinski definition) is 0. The second-order valence-corrected chi connectivity index (χ2v) is 5.15. The number of amides is 1. The first-order chi connectivity index (χ1) is 9.22. The van der Waals surface area contributed by atoms with Crippen molar-refractivity contribution in [3.8, 4) is 0 Å². The van der Waals surface area contributed by atoms with Crippen LogP contribution < -0.4 is 0 Å². The van der Waals surface area contributed by atoms with Crippen molar-refractivity contribution in [1.82, 2.24) is 4.90 Å². The molecular weight excluding hydrogens is 262 g/mol. The molecule has 4 nitrogen and oxygen atoms in total. The fraction of sp³-hybridized carbons (Fsp3) is 0.357. The molecule has 0 aliphatic heterocycles. The van der Waals surface area contributed by atoms with Crippen LogP contribution in [0.1, 0.15) is 21.0 Å². The molecule has 0 aliphatic carbocycles. The van der Waals surface area contributed by atoms with Crippen LogP contribution in [0.15, 0.2) is 34.3 Å². The fourth-order valence-corrected chi connectivity index (χ4v) is 2.67. The summed E-state index contributed by atoms with van der Waals surface area (Å²) in [7, 11) is 1.63. The van der Waals surface area contributed by atoms with Gasteiger partial charge in [-0.2, -0.15) is 0 Å². The number of aryl methyl sites for hydroxylation is 1. The van der Waals surface area contributed by atoms with Crippen LogP contribution in [0.5, 0.6) is 0 Å². The molecule has 0 aromatic carbocycles.